The van der Waals surface area contributed by atoms with Gasteiger partial charge in [0.25, 0.3) is 5.69 Å². The second kappa shape index (κ2) is 6.79. The zero-order chi connectivity index (χ0) is 15.2. The maximum atomic E-state index is 12.6. The molecule has 0 aliphatic rings. The number of benzene rings is 2. The maximum absolute atomic E-state index is 12.6. The third-order valence-corrected chi connectivity index (χ3v) is 3.38. The molecule has 4 nitrogen and oxygen atoms in total. The summed E-state index contributed by atoms with van der Waals surface area (Å²) in [5.74, 6) is -0.162. The molecule has 0 aliphatic carbocycles. The molecule has 0 bridgehead atoms. The van der Waals surface area contributed by atoms with Crippen LogP contribution in [-0.2, 0) is 6.42 Å². The summed E-state index contributed by atoms with van der Waals surface area (Å²) in [5.41, 5.74) is 1.81. The molecule has 0 spiro atoms. The molecule has 0 amide bonds. The van der Waals surface area contributed by atoms with Crippen LogP contribution in [0.1, 0.15) is 41.3 Å². The smallest absolute Gasteiger partial charge is 0.270 e. The SMILES string of the molecule is CCCCc1ccc([N+](=O)[O-])cc1C(=O)c1ccccc1. The Morgan fingerprint density at radius 2 is 1.86 bits per heavy atom. The first-order valence-electron chi connectivity index (χ1n) is 7.00. The van der Waals surface area contributed by atoms with Crippen molar-refractivity contribution < 1.29 is 9.72 Å². The summed E-state index contributed by atoms with van der Waals surface area (Å²) in [4.78, 5) is 23.0. The van der Waals surface area contributed by atoms with Gasteiger partial charge in [0.15, 0.2) is 5.78 Å². The van der Waals surface area contributed by atoms with Gasteiger partial charge in [-0.25, -0.2) is 0 Å². The van der Waals surface area contributed by atoms with Gasteiger partial charge in [-0.1, -0.05) is 49.7 Å². The number of carbonyl (C=O) groups is 1. The van der Waals surface area contributed by atoms with E-state index in [1.807, 2.05) is 6.07 Å². The predicted molar refractivity (Wildman–Crippen MR) is 81.6 cm³/mol. The molecule has 0 heterocycles. The predicted octanol–water partition coefficient (Wildman–Crippen LogP) is 4.17. The fraction of sp³-hybridized carbons (Fsp3) is 0.235. The highest BCUT2D eigenvalue weighted by atomic mass is 16.6. The topological polar surface area (TPSA) is 60.2 Å². The number of hydrogen-bond acceptors (Lipinski definition) is 3. The number of nitro benzene ring substituents is 1. The van der Waals surface area contributed by atoms with Gasteiger partial charge in [-0.3, -0.25) is 14.9 Å². The van der Waals surface area contributed by atoms with E-state index in [2.05, 4.69) is 6.92 Å². The van der Waals surface area contributed by atoms with Crippen molar-refractivity contribution in [2.24, 2.45) is 0 Å². The Morgan fingerprint density at radius 3 is 2.48 bits per heavy atom. The first kappa shape index (κ1) is 14.9. The van der Waals surface area contributed by atoms with Crippen LogP contribution in [0.15, 0.2) is 48.5 Å². The second-order valence-corrected chi connectivity index (χ2v) is 4.90. The van der Waals surface area contributed by atoms with Gasteiger partial charge < -0.3 is 0 Å². The Bertz CT molecular complexity index is 650. The van der Waals surface area contributed by atoms with E-state index in [0.29, 0.717) is 11.1 Å². The van der Waals surface area contributed by atoms with E-state index in [4.69, 9.17) is 0 Å². The van der Waals surface area contributed by atoms with E-state index in [1.54, 1.807) is 30.3 Å². The van der Waals surface area contributed by atoms with Gasteiger partial charge in [0.2, 0.25) is 0 Å². The molecule has 2 rings (SSSR count). The molecule has 0 aromatic heterocycles. The van der Waals surface area contributed by atoms with Gasteiger partial charge in [0.1, 0.15) is 0 Å². The van der Waals surface area contributed by atoms with Crippen LogP contribution in [0.2, 0.25) is 0 Å². The Hall–Kier alpha value is -2.49. The quantitative estimate of drug-likeness (QED) is 0.454. The van der Waals surface area contributed by atoms with Crippen molar-refractivity contribution >= 4 is 11.5 Å². The largest absolute Gasteiger partial charge is 0.289 e. The lowest BCUT2D eigenvalue weighted by Gasteiger charge is -2.08. The highest BCUT2D eigenvalue weighted by molar-refractivity contribution is 6.10. The molecule has 0 saturated carbocycles. The summed E-state index contributed by atoms with van der Waals surface area (Å²) in [5, 5.41) is 10.9. The molecular weight excluding hydrogens is 266 g/mol. The summed E-state index contributed by atoms with van der Waals surface area (Å²) in [6.45, 7) is 2.07. The van der Waals surface area contributed by atoms with E-state index in [1.165, 1.54) is 12.1 Å². The molecule has 108 valence electrons. The van der Waals surface area contributed by atoms with Crippen LogP contribution < -0.4 is 0 Å². The van der Waals surface area contributed by atoms with Gasteiger partial charge in [-0.05, 0) is 18.4 Å². The van der Waals surface area contributed by atoms with Crippen LogP contribution in [0.25, 0.3) is 0 Å². The van der Waals surface area contributed by atoms with Crippen molar-refractivity contribution in [3.05, 3.63) is 75.3 Å². The van der Waals surface area contributed by atoms with Gasteiger partial charge in [0.05, 0.1) is 4.92 Å². The van der Waals surface area contributed by atoms with Gasteiger partial charge in [0, 0.05) is 23.3 Å². The molecule has 2 aromatic carbocycles. The number of unbranched alkanes of at least 4 members (excludes halogenated alkanes) is 1. The highest BCUT2D eigenvalue weighted by Crippen LogP contribution is 2.22. The first-order chi connectivity index (χ1) is 10.1. The monoisotopic (exact) mass is 283 g/mol. The number of non-ortho nitro benzene ring substituents is 1. The Morgan fingerprint density at radius 1 is 1.14 bits per heavy atom. The minimum Gasteiger partial charge on any atom is -0.289 e. The minimum atomic E-state index is -0.467. The summed E-state index contributed by atoms with van der Waals surface area (Å²) < 4.78 is 0. The van der Waals surface area contributed by atoms with Crippen molar-refractivity contribution in [1.29, 1.82) is 0 Å². The Labute approximate surface area is 123 Å². The number of carbonyl (C=O) groups excluding carboxylic acids is 1. The number of ketones is 1. The molecule has 0 aliphatic heterocycles. The van der Waals surface area contributed by atoms with Crippen molar-refractivity contribution in [2.45, 2.75) is 26.2 Å². The molecule has 4 heteroatoms. The number of aryl methyl sites for hydroxylation is 1. The summed E-state index contributed by atoms with van der Waals surface area (Å²) in [7, 11) is 0. The lowest BCUT2D eigenvalue weighted by molar-refractivity contribution is -0.384. The Kier molecular flexibility index (Phi) is 4.82. The van der Waals surface area contributed by atoms with E-state index in [9.17, 15) is 14.9 Å². The molecule has 0 atom stereocenters. The average Bonchev–Trinajstić information content (AvgIpc) is 2.52. The molecule has 0 fully saturated rings. The number of hydrogen-bond donors (Lipinski definition) is 0. The van der Waals surface area contributed by atoms with Crippen molar-refractivity contribution in [3.63, 3.8) is 0 Å². The normalized spacial score (nSPS) is 10.3. The molecular formula is C17H17NO3. The van der Waals surface area contributed by atoms with E-state index >= 15 is 0 Å². The lowest BCUT2D eigenvalue weighted by atomic mass is 9.95. The molecule has 21 heavy (non-hydrogen) atoms. The van der Waals surface area contributed by atoms with Crippen molar-refractivity contribution in [1.82, 2.24) is 0 Å². The van der Waals surface area contributed by atoms with E-state index < -0.39 is 4.92 Å². The van der Waals surface area contributed by atoms with E-state index in [0.717, 1.165) is 24.8 Å². The van der Waals surface area contributed by atoms with Crippen LogP contribution in [0, 0.1) is 10.1 Å². The zero-order valence-electron chi connectivity index (χ0n) is 11.9. The van der Waals surface area contributed by atoms with E-state index in [-0.39, 0.29) is 11.5 Å². The fourth-order valence-corrected chi connectivity index (χ4v) is 2.22. The average molecular weight is 283 g/mol. The molecule has 0 unspecified atom stereocenters. The third-order valence-electron chi connectivity index (χ3n) is 3.38. The number of nitro groups is 1. The van der Waals surface area contributed by atoms with Crippen LogP contribution in [0.3, 0.4) is 0 Å². The Balaban J connectivity index is 2.45. The van der Waals surface area contributed by atoms with Crippen LogP contribution in [-0.4, -0.2) is 10.7 Å². The number of nitrogens with zero attached hydrogens (tertiary/aromatic N) is 1. The van der Waals surface area contributed by atoms with Crippen LogP contribution in [0.5, 0.6) is 0 Å². The molecule has 0 N–H and O–H groups in total. The first-order valence-corrected chi connectivity index (χ1v) is 7.00. The number of rotatable bonds is 6. The molecule has 0 saturated heterocycles. The zero-order valence-corrected chi connectivity index (χ0v) is 11.9. The minimum absolute atomic E-state index is 0.0467. The van der Waals surface area contributed by atoms with Crippen molar-refractivity contribution in [3.8, 4) is 0 Å². The standard InChI is InChI=1S/C17H17NO3/c1-2-3-7-13-10-11-15(18(20)21)12-16(13)17(19)14-8-5-4-6-9-14/h4-6,8-12H,2-3,7H2,1H3. The molecule has 0 radical (unpaired) electrons. The summed E-state index contributed by atoms with van der Waals surface area (Å²) in [6, 6.07) is 13.4. The maximum Gasteiger partial charge on any atom is 0.270 e. The second-order valence-electron chi connectivity index (χ2n) is 4.90. The third kappa shape index (κ3) is 3.54. The molecule has 2 aromatic rings. The lowest BCUT2D eigenvalue weighted by Crippen LogP contribution is -2.06. The van der Waals surface area contributed by atoms with Gasteiger partial charge in [-0.15, -0.1) is 0 Å². The van der Waals surface area contributed by atoms with Crippen LogP contribution >= 0.6 is 0 Å². The fourth-order valence-electron chi connectivity index (χ4n) is 2.22. The van der Waals surface area contributed by atoms with Gasteiger partial charge in [-0.2, -0.15) is 0 Å². The summed E-state index contributed by atoms with van der Waals surface area (Å²) in [6.07, 6.45) is 2.71. The van der Waals surface area contributed by atoms with Crippen molar-refractivity contribution in [2.75, 3.05) is 0 Å². The van der Waals surface area contributed by atoms with Crippen LogP contribution in [0.4, 0.5) is 5.69 Å². The highest BCUT2D eigenvalue weighted by Gasteiger charge is 2.17. The van der Waals surface area contributed by atoms with Gasteiger partial charge >= 0.3 is 0 Å². The summed E-state index contributed by atoms with van der Waals surface area (Å²) >= 11 is 0.